The van der Waals surface area contributed by atoms with E-state index in [0.717, 1.165) is 26.2 Å². The summed E-state index contributed by atoms with van der Waals surface area (Å²) in [5.41, 5.74) is -1.29. The summed E-state index contributed by atoms with van der Waals surface area (Å²) in [6, 6.07) is 0. The quantitative estimate of drug-likeness (QED) is 0.768. The average molecular weight is 353 g/mol. The first-order valence-electron chi connectivity index (χ1n) is 9.58. The fraction of sp³-hybridized carbons (Fsp3) is 0.905. The van der Waals surface area contributed by atoms with Crippen molar-refractivity contribution < 1.29 is 9.59 Å². The molecule has 0 aromatic heterocycles. The number of piperazine rings is 1. The van der Waals surface area contributed by atoms with Crippen LogP contribution >= 0.6 is 0 Å². The Morgan fingerprint density at radius 3 is 1.52 bits per heavy atom. The maximum Gasteiger partial charge on any atom is 0.228 e. The molecule has 4 heteroatoms. The molecular formula is C21H40N2O2. The first-order valence-corrected chi connectivity index (χ1v) is 9.58. The molecule has 146 valence electrons. The zero-order valence-corrected chi connectivity index (χ0v) is 18.2. The molecule has 0 spiro atoms. The Morgan fingerprint density at radius 1 is 0.720 bits per heavy atom. The molecule has 0 N–H and O–H groups in total. The van der Waals surface area contributed by atoms with E-state index in [1.54, 1.807) is 0 Å². The maximum atomic E-state index is 13.1. The van der Waals surface area contributed by atoms with Crippen molar-refractivity contribution >= 4 is 11.7 Å². The molecule has 0 aliphatic carbocycles. The van der Waals surface area contributed by atoms with Crippen molar-refractivity contribution in [3.05, 3.63) is 0 Å². The number of amides is 1. The topological polar surface area (TPSA) is 40.6 Å². The van der Waals surface area contributed by atoms with Gasteiger partial charge >= 0.3 is 0 Å². The number of hydrogen-bond donors (Lipinski definition) is 0. The van der Waals surface area contributed by atoms with Gasteiger partial charge in [-0.25, -0.2) is 0 Å². The second-order valence-electron chi connectivity index (χ2n) is 11.0. The van der Waals surface area contributed by atoms with Crippen LogP contribution in [0.25, 0.3) is 0 Å². The Morgan fingerprint density at radius 2 is 1.16 bits per heavy atom. The highest BCUT2D eigenvalue weighted by Crippen LogP contribution is 2.40. The highest BCUT2D eigenvalue weighted by molar-refractivity contribution is 5.90. The van der Waals surface area contributed by atoms with E-state index in [1.807, 2.05) is 53.4 Å². The molecule has 1 aliphatic rings. The summed E-state index contributed by atoms with van der Waals surface area (Å²) in [5.74, 6) is 0.397. The minimum absolute atomic E-state index is 0.145. The van der Waals surface area contributed by atoms with Crippen LogP contribution in [-0.2, 0) is 9.59 Å². The lowest BCUT2D eigenvalue weighted by molar-refractivity contribution is -0.147. The fourth-order valence-electron chi connectivity index (χ4n) is 4.28. The van der Waals surface area contributed by atoms with Crippen molar-refractivity contribution in [2.24, 2.45) is 16.2 Å². The summed E-state index contributed by atoms with van der Waals surface area (Å²) in [6.07, 6.45) is 0.578. The van der Waals surface area contributed by atoms with E-state index in [2.05, 4.69) is 25.7 Å². The molecular weight excluding hydrogens is 312 g/mol. The van der Waals surface area contributed by atoms with Crippen molar-refractivity contribution in [2.75, 3.05) is 26.2 Å². The highest BCUT2D eigenvalue weighted by Gasteiger charge is 2.44. The first kappa shape index (κ1) is 22.1. The first-order chi connectivity index (χ1) is 11.0. The van der Waals surface area contributed by atoms with Crippen LogP contribution in [0, 0.1) is 16.2 Å². The summed E-state index contributed by atoms with van der Waals surface area (Å²) >= 11 is 0. The van der Waals surface area contributed by atoms with Crippen molar-refractivity contribution in [3.8, 4) is 0 Å². The Labute approximate surface area is 155 Å². The molecule has 0 bridgehead atoms. The molecule has 1 rings (SSSR count). The molecule has 0 saturated carbocycles. The molecule has 1 aliphatic heterocycles. The zero-order chi connectivity index (χ0) is 19.8. The van der Waals surface area contributed by atoms with E-state index in [4.69, 9.17) is 0 Å². The van der Waals surface area contributed by atoms with E-state index in [0.29, 0.717) is 6.42 Å². The van der Waals surface area contributed by atoms with Crippen molar-refractivity contribution in [3.63, 3.8) is 0 Å². The van der Waals surface area contributed by atoms with E-state index in [9.17, 15) is 9.59 Å². The number of nitrogens with zero attached hydrogens (tertiary/aromatic N) is 2. The maximum absolute atomic E-state index is 13.1. The molecule has 0 atom stereocenters. The summed E-state index contributed by atoms with van der Waals surface area (Å²) < 4.78 is 0. The van der Waals surface area contributed by atoms with Crippen LogP contribution in [0.1, 0.15) is 75.7 Å². The smallest absolute Gasteiger partial charge is 0.228 e. The lowest BCUT2D eigenvalue weighted by Crippen LogP contribution is -2.57. The Hall–Kier alpha value is -0.900. The molecule has 1 heterocycles. The van der Waals surface area contributed by atoms with Gasteiger partial charge in [0.2, 0.25) is 5.91 Å². The monoisotopic (exact) mass is 352 g/mol. The Balaban J connectivity index is 2.79. The summed E-state index contributed by atoms with van der Waals surface area (Å²) in [6.45, 7) is 23.8. The molecule has 1 amide bonds. The van der Waals surface area contributed by atoms with Gasteiger partial charge in [-0.1, -0.05) is 48.5 Å². The van der Waals surface area contributed by atoms with E-state index >= 15 is 0 Å². The molecule has 25 heavy (non-hydrogen) atoms. The second kappa shape index (κ2) is 7.02. The fourth-order valence-corrected chi connectivity index (χ4v) is 4.28. The van der Waals surface area contributed by atoms with Crippen LogP contribution in [0.15, 0.2) is 0 Å². The number of rotatable bonds is 4. The number of ketones is 1. The van der Waals surface area contributed by atoms with Crippen LogP contribution in [-0.4, -0.2) is 53.2 Å². The normalized spacial score (nSPS) is 18.4. The Bertz CT molecular complexity index is 499. The minimum atomic E-state index is -0.533. The van der Waals surface area contributed by atoms with Gasteiger partial charge in [-0.05, 0) is 27.2 Å². The standard InChI is InChI=1S/C21H40N2O2/c1-18(2,3)16(24)20(7,8)15-21(9,10)17(25)22-11-13-23(14-12-22)19(4,5)6/h11-15H2,1-10H3. The second-order valence-corrected chi connectivity index (χ2v) is 11.0. The SMILES string of the molecule is CC(C)(C)C(=O)C(C)(C)CC(C)(C)C(=O)N1CCN(C(C)(C)C)CC1. The van der Waals surface area contributed by atoms with Gasteiger partial charge in [-0.15, -0.1) is 0 Å². The summed E-state index contributed by atoms with van der Waals surface area (Å²) in [7, 11) is 0. The minimum Gasteiger partial charge on any atom is -0.340 e. The van der Waals surface area contributed by atoms with Crippen LogP contribution in [0.3, 0.4) is 0 Å². The summed E-state index contributed by atoms with van der Waals surface area (Å²) in [5, 5.41) is 0. The number of hydrogen-bond acceptors (Lipinski definition) is 3. The molecule has 0 aromatic rings. The van der Waals surface area contributed by atoms with Crippen LogP contribution in [0.4, 0.5) is 0 Å². The van der Waals surface area contributed by atoms with Gasteiger partial charge in [0.25, 0.3) is 0 Å². The number of Topliss-reactive ketones (excluding diaryl/α,β-unsaturated/α-hetero) is 1. The molecule has 0 unspecified atom stereocenters. The third-order valence-electron chi connectivity index (χ3n) is 5.27. The molecule has 4 nitrogen and oxygen atoms in total. The third kappa shape index (κ3) is 5.54. The highest BCUT2D eigenvalue weighted by atomic mass is 16.2. The molecule has 0 aromatic carbocycles. The number of carbonyl (C=O) groups excluding carboxylic acids is 2. The van der Waals surface area contributed by atoms with Gasteiger partial charge in [-0.3, -0.25) is 14.5 Å². The van der Waals surface area contributed by atoms with Crippen molar-refractivity contribution in [2.45, 2.75) is 81.2 Å². The van der Waals surface area contributed by atoms with Gasteiger partial charge in [0.05, 0.1) is 0 Å². The van der Waals surface area contributed by atoms with Crippen LogP contribution in [0.2, 0.25) is 0 Å². The lowest BCUT2D eigenvalue weighted by Gasteiger charge is -2.45. The predicted octanol–water partition coefficient (Wildman–Crippen LogP) is 3.99. The van der Waals surface area contributed by atoms with E-state index in [1.165, 1.54) is 0 Å². The molecule has 0 radical (unpaired) electrons. The number of carbonyl (C=O) groups is 2. The lowest BCUT2D eigenvalue weighted by atomic mass is 9.66. The molecule has 1 fully saturated rings. The van der Waals surface area contributed by atoms with Crippen LogP contribution in [0.5, 0.6) is 0 Å². The predicted molar refractivity (Wildman–Crippen MR) is 105 cm³/mol. The molecule has 1 saturated heterocycles. The zero-order valence-electron chi connectivity index (χ0n) is 18.2. The Kier molecular flexibility index (Phi) is 6.21. The largest absolute Gasteiger partial charge is 0.340 e. The summed E-state index contributed by atoms with van der Waals surface area (Å²) in [4.78, 5) is 30.3. The van der Waals surface area contributed by atoms with Gasteiger partial charge < -0.3 is 4.90 Å². The van der Waals surface area contributed by atoms with Gasteiger partial charge in [0, 0.05) is 48.0 Å². The van der Waals surface area contributed by atoms with Gasteiger partial charge in [0.15, 0.2) is 0 Å². The average Bonchev–Trinajstić information content (AvgIpc) is 2.42. The van der Waals surface area contributed by atoms with Crippen LogP contribution < -0.4 is 0 Å². The van der Waals surface area contributed by atoms with Gasteiger partial charge in [0.1, 0.15) is 5.78 Å². The third-order valence-corrected chi connectivity index (χ3v) is 5.27. The van der Waals surface area contributed by atoms with Crippen molar-refractivity contribution in [1.82, 2.24) is 9.80 Å². The van der Waals surface area contributed by atoms with Gasteiger partial charge in [-0.2, -0.15) is 0 Å². The van der Waals surface area contributed by atoms with Crippen molar-refractivity contribution in [1.29, 1.82) is 0 Å². The van der Waals surface area contributed by atoms with E-state index < -0.39 is 10.8 Å². The van der Waals surface area contributed by atoms with E-state index in [-0.39, 0.29) is 22.6 Å².